The Labute approximate surface area is 103 Å². The van der Waals surface area contributed by atoms with Gasteiger partial charge in [0, 0.05) is 15.5 Å². The number of thioether (sulfide) groups is 1. The van der Waals surface area contributed by atoms with E-state index >= 15 is 0 Å². The van der Waals surface area contributed by atoms with Crippen LogP contribution in [0, 0.1) is 0 Å². The summed E-state index contributed by atoms with van der Waals surface area (Å²) < 4.78 is 5.22. The van der Waals surface area contributed by atoms with Crippen LogP contribution in [0.5, 0.6) is 0 Å². The molecule has 0 N–H and O–H groups in total. The van der Waals surface area contributed by atoms with Crippen molar-refractivity contribution in [3.63, 3.8) is 0 Å². The summed E-state index contributed by atoms with van der Waals surface area (Å²) in [7, 11) is 0. The molecule has 0 bridgehead atoms. The first-order valence-corrected chi connectivity index (χ1v) is 6.06. The van der Waals surface area contributed by atoms with Gasteiger partial charge in [-0.25, -0.2) is 0 Å². The predicted octanol–water partition coefficient (Wildman–Crippen LogP) is 4.04. The van der Waals surface area contributed by atoms with Crippen LogP contribution < -0.4 is 0 Å². The van der Waals surface area contributed by atoms with E-state index in [1.807, 2.05) is 18.2 Å². The van der Waals surface area contributed by atoms with Crippen molar-refractivity contribution < 1.29 is 9.21 Å². The van der Waals surface area contributed by atoms with E-state index in [9.17, 15) is 4.79 Å². The highest BCUT2D eigenvalue weighted by atomic mass is 35.5. The van der Waals surface area contributed by atoms with Crippen molar-refractivity contribution in [2.45, 2.75) is 10.6 Å². The molecule has 0 amide bonds. The molecule has 1 aromatic carbocycles. The second-order valence-corrected chi connectivity index (χ2v) is 4.62. The maximum absolute atomic E-state index is 10.8. The normalized spacial score (nSPS) is 10.3. The number of carbonyl (C=O) groups is 1. The summed E-state index contributed by atoms with van der Waals surface area (Å²) in [5.41, 5.74) is 0.615. The van der Waals surface area contributed by atoms with Gasteiger partial charge >= 0.3 is 0 Å². The molecule has 16 heavy (non-hydrogen) atoms. The summed E-state index contributed by atoms with van der Waals surface area (Å²) in [4.78, 5) is 11.8. The number of hydrogen-bond acceptors (Lipinski definition) is 3. The van der Waals surface area contributed by atoms with Crippen LogP contribution in [-0.4, -0.2) is 6.29 Å². The summed E-state index contributed by atoms with van der Waals surface area (Å²) in [6.07, 6.45) is 2.45. The third kappa shape index (κ3) is 2.68. The van der Waals surface area contributed by atoms with Crippen LogP contribution in [0.3, 0.4) is 0 Å². The van der Waals surface area contributed by atoms with Gasteiger partial charge in [-0.2, -0.15) is 0 Å². The Morgan fingerprint density at radius 3 is 2.94 bits per heavy atom. The Kier molecular flexibility index (Phi) is 3.70. The molecule has 0 aliphatic rings. The fraction of sp³-hybridized carbons (Fsp3) is 0.0833. The summed E-state index contributed by atoms with van der Waals surface area (Å²) in [5.74, 6) is 1.59. The van der Waals surface area contributed by atoms with Gasteiger partial charge in [0.15, 0.2) is 6.29 Å². The predicted molar refractivity (Wildman–Crippen MR) is 65.1 cm³/mol. The molecule has 0 unspecified atom stereocenters. The van der Waals surface area contributed by atoms with Crippen molar-refractivity contribution in [2.75, 3.05) is 0 Å². The van der Waals surface area contributed by atoms with Gasteiger partial charge in [0.05, 0.1) is 12.0 Å². The first-order valence-electron chi connectivity index (χ1n) is 4.69. The summed E-state index contributed by atoms with van der Waals surface area (Å²) in [6.45, 7) is 0. The van der Waals surface area contributed by atoms with E-state index in [-0.39, 0.29) is 0 Å². The van der Waals surface area contributed by atoms with E-state index in [1.54, 1.807) is 30.2 Å². The average Bonchev–Trinajstić information content (AvgIpc) is 2.80. The molecule has 0 saturated heterocycles. The van der Waals surface area contributed by atoms with Crippen LogP contribution in [0.4, 0.5) is 0 Å². The van der Waals surface area contributed by atoms with Crippen molar-refractivity contribution in [3.8, 4) is 0 Å². The van der Waals surface area contributed by atoms with Crippen LogP contribution in [0.1, 0.15) is 16.1 Å². The minimum absolute atomic E-state index is 0.574. The Balaban J connectivity index is 2.12. The van der Waals surface area contributed by atoms with Gasteiger partial charge in [0.1, 0.15) is 5.76 Å². The van der Waals surface area contributed by atoms with Gasteiger partial charge in [0.25, 0.3) is 0 Å². The number of carbonyl (C=O) groups excluding carboxylic acids is 1. The lowest BCUT2D eigenvalue weighted by Crippen LogP contribution is -1.85. The SMILES string of the molecule is O=Cc1cc(Cl)ccc1SCc1ccco1. The largest absolute Gasteiger partial charge is 0.468 e. The lowest BCUT2D eigenvalue weighted by Gasteiger charge is -2.03. The molecule has 0 aliphatic carbocycles. The second-order valence-electron chi connectivity index (χ2n) is 3.17. The van der Waals surface area contributed by atoms with Crippen molar-refractivity contribution in [1.29, 1.82) is 0 Å². The Bertz CT molecular complexity index is 480. The zero-order chi connectivity index (χ0) is 11.4. The fourth-order valence-electron chi connectivity index (χ4n) is 1.29. The number of rotatable bonds is 4. The molecule has 0 saturated carbocycles. The van der Waals surface area contributed by atoms with E-state index in [4.69, 9.17) is 16.0 Å². The molecule has 82 valence electrons. The topological polar surface area (TPSA) is 30.2 Å². The van der Waals surface area contributed by atoms with Crippen LogP contribution in [0.15, 0.2) is 45.9 Å². The van der Waals surface area contributed by atoms with Crippen molar-refractivity contribution in [3.05, 3.63) is 52.9 Å². The quantitative estimate of drug-likeness (QED) is 0.608. The average molecular weight is 253 g/mol. The van der Waals surface area contributed by atoms with Crippen LogP contribution in [-0.2, 0) is 5.75 Å². The highest BCUT2D eigenvalue weighted by molar-refractivity contribution is 7.98. The highest BCUT2D eigenvalue weighted by Gasteiger charge is 2.04. The standard InChI is InChI=1S/C12H9ClO2S/c13-10-3-4-12(9(6-10)7-14)16-8-11-2-1-5-15-11/h1-7H,8H2. The van der Waals surface area contributed by atoms with Gasteiger partial charge in [-0.3, -0.25) is 4.79 Å². The Hall–Kier alpha value is -1.19. The first kappa shape index (κ1) is 11.3. The lowest BCUT2D eigenvalue weighted by atomic mass is 10.2. The fourth-order valence-corrected chi connectivity index (χ4v) is 2.37. The maximum atomic E-state index is 10.8. The summed E-state index contributed by atoms with van der Waals surface area (Å²) in [6, 6.07) is 9.04. The molecule has 2 rings (SSSR count). The van der Waals surface area contributed by atoms with Crippen molar-refractivity contribution in [1.82, 2.24) is 0 Å². The zero-order valence-electron chi connectivity index (χ0n) is 8.35. The number of halogens is 1. The molecular formula is C12H9ClO2S. The molecule has 0 spiro atoms. The molecule has 0 radical (unpaired) electrons. The van der Waals surface area contributed by atoms with Gasteiger partial charge in [-0.1, -0.05) is 11.6 Å². The summed E-state index contributed by atoms with van der Waals surface area (Å²) in [5, 5.41) is 0.574. The highest BCUT2D eigenvalue weighted by Crippen LogP contribution is 2.27. The van der Waals surface area contributed by atoms with Gasteiger partial charge in [-0.05, 0) is 30.3 Å². The second kappa shape index (κ2) is 5.23. The van der Waals surface area contributed by atoms with E-state index in [1.165, 1.54) is 0 Å². The summed E-state index contributed by atoms with van der Waals surface area (Å²) >= 11 is 7.36. The lowest BCUT2D eigenvalue weighted by molar-refractivity contribution is 0.112. The Morgan fingerprint density at radius 2 is 2.25 bits per heavy atom. The molecule has 2 aromatic rings. The van der Waals surface area contributed by atoms with E-state index in [2.05, 4.69) is 0 Å². The monoisotopic (exact) mass is 252 g/mol. The van der Waals surface area contributed by atoms with Gasteiger partial charge < -0.3 is 4.42 Å². The molecule has 4 heteroatoms. The van der Waals surface area contributed by atoms with Crippen LogP contribution in [0.25, 0.3) is 0 Å². The molecule has 0 atom stereocenters. The molecular weight excluding hydrogens is 244 g/mol. The molecule has 0 fully saturated rings. The smallest absolute Gasteiger partial charge is 0.151 e. The van der Waals surface area contributed by atoms with Crippen LogP contribution >= 0.6 is 23.4 Å². The van der Waals surface area contributed by atoms with Crippen LogP contribution in [0.2, 0.25) is 5.02 Å². The minimum Gasteiger partial charge on any atom is -0.468 e. The van der Waals surface area contributed by atoms with Gasteiger partial charge in [-0.15, -0.1) is 11.8 Å². The third-order valence-corrected chi connectivity index (χ3v) is 3.40. The van der Waals surface area contributed by atoms with Gasteiger partial charge in [0.2, 0.25) is 0 Å². The van der Waals surface area contributed by atoms with E-state index in [0.29, 0.717) is 16.3 Å². The molecule has 1 heterocycles. The number of furan rings is 1. The number of benzene rings is 1. The van der Waals surface area contributed by atoms with E-state index in [0.717, 1.165) is 16.9 Å². The number of aldehydes is 1. The zero-order valence-corrected chi connectivity index (χ0v) is 9.92. The van der Waals surface area contributed by atoms with E-state index < -0.39 is 0 Å². The third-order valence-electron chi connectivity index (χ3n) is 2.05. The minimum atomic E-state index is 0.574. The first-order chi connectivity index (χ1) is 7.79. The molecule has 1 aromatic heterocycles. The molecule has 2 nitrogen and oxygen atoms in total. The number of hydrogen-bond donors (Lipinski definition) is 0. The van der Waals surface area contributed by atoms with Crippen molar-refractivity contribution >= 4 is 29.6 Å². The molecule has 0 aliphatic heterocycles. The van der Waals surface area contributed by atoms with Crippen molar-refractivity contribution in [2.24, 2.45) is 0 Å². The maximum Gasteiger partial charge on any atom is 0.151 e. The Morgan fingerprint density at radius 1 is 1.38 bits per heavy atom.